The Hall–Kier alpha value is -2.25. The summed E-state index contributed by atoms with van der Waals surface area (Å²) in [5.74, 6) is 3.42. The van der Waals surface area contributed by atoms with Crippen LogP contribution in [0.3, 0.4) is 0 Å². The number of para-hydroxylation sites is 1. The average Bonchev–Trinajstić information content (AvgIpc) is 3.20. The van der Waals surface area contributed by atoms with Crippen molar-refractivity contribution in [3.63, 3.8) is 0 Å². The Morgan fingerprint density at radius 1 is 1.20 bits per heavy atom. The molecular formula is C23H27N5OS. The molecule has 0 unspecified atom stereocenters. The number of fused-ring (bicyclic) bond motifs is 2. The van der Waals surface area contributed by atoms with Gasteiger partial charge in [0, 0.05) is 42.4 Å². The smallest absolute Gasteiger partial charge is 0.227 e. The summed E-state index contributed by atoms with van der Waals surface area (Å²) in [5, 5.41) is 14.7. The molecule has 4 heterocycles. The van der Waals surface area contributed by atoms with Crippen LogP contribution in [0.1, 0.15) is 42.9 Å². The van der Waals surface area contributed by atoms with Gasteiger partial charge in [-0.25, -0.2) is 4.98 Å². The molecule has 2 aliphatic heterocycles. The molecule has 3 aromatic rings. The van der Waals surface area contributed by atoms with Crippen LogP contribution in [0.2, 0.25) is 0 Å². The molecule has 1 saturated carbocycles. The van der Waals surface area contributed by atoms with Gasteiger partial charge in [0.25, 0.3) is 0 Å². The van der Waals surface area contributed by atoms with Gasteiger partial charge in [0.1, 0.15) is 5.82 Å². The number of aromatic nitrogens is 3. The fraction of sp³-hybridized carbons (Fsp3) is 0.478. The summed E-state index contributed by atoms with van der Waals surface area (Å²) < 4.78 is 0. The van der Waals surface area contributed by atoms with E-state index in [0.29, 0.717) is 5.92 Å². The molecular weight excluding hydrogens is 394 g/mol. The van der Waals surface area contributed by atoms with Crippen LogP contribution in [0, 0.1) is 0 Å². The van der Waals surface area contributed by atoms with E-state index < -0.39 is 0 Å². The SMILES string of the molecule is OCC1(Nc2nc(N3CCC(c4c[nH]c5ccccc45)CC3)nc3c2SCC3)CC1. The molecule has 30 heavy (non-hydrogen) atoms. The van der Waals surface area contributed by atoms with Gasteiger partial charge >= 0.3 is 0 Å². The van der Waals surface area contributed by atoms with Gasteiger partial charge in [-0.2, -0.15) is 4.98 Å². The molecule has 6 rings (SSSR count). The molecule has 156 valence electrons. The molecule has 2 aromatic heterocycles. The summed E-state index contributed by atoms with van der Waals surface area (Å²) >= 11 is 1.84. The lowest BCUT2D eigenvalue weighted by Gasteiger charge is -2.32. The third-order valence-electron chi connectivity index (χ3n) is 6.89. The van der Waals surface area contributed by atoms with Crippen LogP contribution in [-0.2, 0) is 6.42 Å². The van der Waals surface area contributed by atoms with Crippen molar-refractivity contribution in [1.82, 2.24) is 15.0 Å². The number of rotatable bonds is 5. The summed E-state index contributed by atoms with van der Waals surface area (Å²) in [7, 11) is 0. The van der Waals surface area contributed by atoms with E-state index in [0.717, 1.165) is 62.7 Å². The molecule has 0 bridgehead atoms. The van der Waals surface area contributed by atoms with Crippen molar-refractivity contribution in [3.8, 4) is 0 Å². The van der Waals surface area contributed by atoms with Crippen LogP contribution in [0.5, 0.6) is 0 Å². The average molecular weight is 422 g/mol. The van der Waals surface area contributed by atoms with E-state index in [-0.39, 0.29) is 12.1 Å². The fourth-order valence-corrected chi connectivity index (χ4v) is 5.88. The van der Waals surface area contributed by atoms with Gasteiger partial charge in [0.15, 0.2) is 0 Å². The molecule has 0 spiro atoms. The number of hydrogen-bond donors (Lipinski definition) is 3. The Balaban J connectivity index is 1.23. The van der Waals surface area contributed by atoms with Gasteiger partial charge < -0.3 is 20.3 Å². The van der Waals surface area contributed by atoms with Crippen molar-refractivity contribution in [3.05, 3.63) is 41.7 Å². The number of aromatic amines is 1. The Morgan fingerprint density at radius 3 is 2.83 bits per heavy atom. The third-order valence-corrected chi connectivity index (χ3v) is 8.01. The zero-order valence-electron chi connectivity index (χ0n) is 17.0. The Labute approximate surface area is 180 Å². The predicted molar refractivity (Wildman–Crippen MR) is 122 cm³/mol. The standard InChI is InChI=1S/C23H27N5OS/c29-14-23(8-9-23)27-21-20-19(7-12-30-20)25-22(26-21)28-10-5-15(6-11-28)17-13-24-18-4-2-1-3-16(17)18/h1-4,13,15,24,29H,5-12,14H2,(H,25,26,27). The van der Waals surface area contributed by atoms with Crippen molar-refractivity contribution in [2.75, 3.05) is 35.7 Å². The molecule has 7 heteroatoms. The molecule has 2 fully saturated rings. The summed E-state index contributed by atoms with van der Waals surface area (Å²) in [6, 6.07) is 8.58. The molecule has 0 radical (unpaired) electrons. The number of thioether (sulfide) groups is 1. The lowest BCUT2D eigenvalue weighted by molar-refractivity contribution is 0.265. The van der Waals surface area contributed by atoms with Crippen molar-refractivity contribution in [2.45, 2.75) is 48.5 Å². The van der Waals surface area contributed by atoms with E-state index >= 15 is 0 Å². The van der Waals surface area contributed by atoms with Crippen molar-refractivity contribution < 1.29 is 5.11 Å². The minimum Gasteiger partial charge on any atom is -0.394 e. The highest BCUT2D eigenvalue weighted by Gasteiger charge is 2.43. The van der Waals surface area contributed by atoms with Gasteiger partial charge in [-0.1, -0.05) is 18.2 Å². The number of nitrogens with one attached hydrogen (secondary N) is 2. The van der Waals surface area contributed by atoms with E-state index in [1.807, 2.05) is 11.8 Å². The number of benzene rings is 1. The topological polar surface area (TPSA) is 77.1 Å². The van der Waals surface area contributed by atoms with Gasteiger partial charge in [-0.15, -0.1) is 11.8 Å². The van der Waals surface area contributed by atoms with Gasteiger partial charge in [0.05, 0.1) is 22.7 Å². The van der Waals surface area contributed by atoms with Crippen molar-refractivity contribution in [2.24, 2.45) is 0 Å². The Kier molecular flexibility index (Phi) is 4.42. The molecule has 1 saturated heterocycles. The van der Waals surface area contributed by atoms with E-state index in [1.165, 1.54) is 27.1 Å². The number of hydrogen-bond acceptors (Lipinski definition) is 6. The number of nitrogens with zero attached hydrogens (tertiary/aromatic N) is 3. The summed E-state index contributed by atoms with van der Waals surface area (Å²) in [5.41, 5.74) is 3.67. The molecule has 1 aromatic carbocycles. The van der Waals surface area contributed by atoms with Crippen LogP contribution in [0.4, 0.5) is 11.8 Å². The van der Waals surface area contributed by atoms with E-state index in [2.05, 4.69) is 45.7 Å². The van der Waals surface area contributed by atoms with E-state index in [1.54, 1.807) is 0 Å². The zero-order valence-corrected chi connectivity index (χ0v) is 17.8. The van der Waals surface area contributed by atoms with Crippen LogP contribution in [-0.4, -0.2) is 51.0 Å². The number of aliphatic hydroxyl groups excluding tert-OH is 1. The summed E-state index contributed by atoms with van der Waals surface area (Å²) in [6.45, 7) is 2.11. The van der Waals surface area contributed by atoms with Crippen molar-refractivity contribution >= 4 is 34.4 Å². The second kappa shape index (κ2) is 7.17. The van der Waals surface area contributed by atoms with Crippen molar-refractivity contribution in [1.29, 1.82) is 0 Å². The maximum absolute atomic E-state index is 9.75. The molecule has 1 aliphatic carbocycles. The molecule has 3 N–H and O–H groups in total. The molecule has 3 aliphatic rings. The number of aryl methyl sites for hydroxylation is 1. The first-order valence-corrected chi connectivity index (χ1v) is 12.0. The lowest BCUT2D eigenvalue weighted by atomic mass is 9.89. The largest absolute Gasteiger partial charge is 0.394 e. The first-order valence-electron chi connectivity index (χ1n) is 11.0. The lowest BCUT2D eigenvalue weighted by Crippen LogP contribution is -2.35. The third kappa shape index (κ3) is 3.15. The first kappa shape index (κ1) is 18.5. The molecule has 0 amide bonds. The number of H-pyrrole nitrogens is 1. The van der Waals surface area contributed by atoms with Crippen LogP contribution < -0.4 is 10.2 Å². The fourth-order valence-electron chi connectivity index (χ4n) is 4.83. The zero-order chi connectivity index (χ0) is 20.1. The van der Waals surface area contributed by atoms with Gasteiger partial charge in [0.2, 0.25) is 5.95 Å². The second-order valence-electron chi connectivity index (χ2n) is 8.86. The monoisotopic (exact) mass is 421 g/mol. The van der Waals surface area contributed by atoms with E-state index in [4.69, 9.17) is 9.97 Å². The molecule has 0 atom stereocenters. The minimum absolute atomic E-state index is 0.162. The van der Waals surface area contributed by atoms with Gasteiger partial charge in [-0.05, 0) is 43.2 Å². The summed E-state index contributed by atoms with van der Waals surface area (Å²) in [4.78, 5) is 16.8. The number of piperidine rings is 1. The maximum Gasteiger partial charge on any atom is 0.227 e. The Bertz CT molecular complexity index is 1080. The highest BCUT2D eigenvalue weighted by Crippen LogP contribution is 2.43. The summed E-state index contributed by atoms with van der Waals surface area (Å²) in [6.07, 6.45) is 7.44. The van der Waals surface area contributed by atoms with Crippen LogP contribution >= 0.6 is 11.8 Å². The van der Waals surface area contributed by atoms with Crippen LogP contribution in [0.25, 0.3) is 10.9 Å². The minimum atomic E-state index is -0.162. The normalized spacial score (nSPS) is 20.5. The highest BCUT2D eigenvalue weighted by atomic mass is 32.2. The quantitative estimate of drug-likeness (QED) is 0.580. The molecule has 6 nitrogen and oxygen atoms in total. The maximum atomic E-state index is 9.75. The Morgan fingerprint density at radius 2 is 2.03 bits per heavy atom. The van der Waals surface area contributed by atoms with Gasteiger partial charge in [-0.3, -0.25) is 0 Å². The first-order chi connectivity index (χ1) is 14.7. The second-order valence-corrected chi connectivity index (χ2v) is 9.97. The highest BCUT2D eigenvalue weighted by molar-refractivity contribution is 7.99. The number of anilines is 2. The van der Waals surface area contributed by atoms with E-state index in [9.17, 15) is 5.11 Å². The number of aliphatic hydroxyl groups is 1. The predicted octanol–water partition coefficient (Wildman–Crippen LogP) is 3.93. The van der Waals surface area contributed by atoms with Crippen LogP contribution in [0.15, 0.2) is 35.4 Å².